The van der Waals surface area contributed by atoms with Crippen LogP contribution < -0.4 is 5.32 Å². The van der Waals surface area contributed by atoms with Gasteiger partial charge in [0.05, 0.1) is 12.0 Å². The summed E-state index contributed by atoms with van der Waals surface area (Å²) >= 11 is 2.32. The van der Waals surface area contributed by atoms with E-state index < -0.39 is 0 Å². The van der Waals surface area contributed by atoms with Crippen LogP contribution in [0.4, 0.5) is 0 Å². The topological polar surface area (TPSA) is 38.3 Å². The molecule has 1 rings (SSSR count). The lowest BCUT2D eigenvalue weighted by Crippen LogP contribution is -2.35. The van der Waals surface area contributed by atoms with E-state index in [4.69, 9.17) is 4.74 Å². The monoisotopic (exact) mass is 311 g/mol. The van der Waals surface area contributed by atoms with Gasteiger partial charge < -0.3 is 10.1 Å². The number of amides is 1. The van der Waals surface area contributed by atoms with Gasteiger partial charge in [-0.2, -0.15) is 0 Å². The molecule has 0 saturated carbocycles. The van der Waals surface area contributed by atoms with Gasteiger partial charge in [-0.25, -0.2) is 0 Å². The molecule has 2 unspecified atom stereocenters. The highest BCUT2D eigenvalue weighted by Gasteiger charge is 2.32. The van der Waals surface area contributed by atoms with Crippen molar-refractivity contribution in [2.45, 2.75) is 32.3 Å². The number of ether oxygens (including phenoxy) is 1. The molecular weight excluding hydrogens is 293 g/mol. The molecule has 0 aliphatic carbocycles. The summed E-state index contributed by atoms with van der Waals surface area (Å²) in [5.74, 6) is 0.272. The second kappa shape index (κ2) is 6.61. The van der Waals surface area contributed by atoms with Gasteiger partial charge in [-0.05, 0) is 19.3 Å². The zero-order valence-electron chi connectivity index (χ0n) is 8.59. The molecule has 2 atom stereocenters. The molecule has 0 radical (unpaired) electrons. The highest BCUT2D eigenvalue weighted by molar-refractivity contribution is 14.1. The Balaban J connectivity index is 2.28. The van der Waals surface area contributed by atoms with Crippen LogP contribution in [0.5, 0.6) is 0 Å². The fraction of sp³-hybridized carbons (Fsp3) is 0.900. The molecule has 14 heavy (non-hydrogen) atoms. The lowest BCUT2D eigenvalue weighted by Gasteiger charge is -2.16. The van der Waals surface area contributed by atoms with E-state index in [2.05, 4.69) is 34.8 Å². The summed E-state index contributed by atoms with van der Waals surface area (Å²) in [5, 5.41) is 2.97. The number of nitrogens with one attached hydrogen (secondary N) is 1. The Hall–Kier alpha value is 0.160. The standard InChI is InChI=1S/C10H18INO2/c1-2-9-8(4-7-14-9)10(13)12-6-3-5-11/h8-9H,2-7H2,1H3,(H,12,13). The molecular formula is C10H18INO2. The number of hydrogen-bond donors (Lipinski definition) is 1. The van der Waals surface area contributed by atoms with Crippen LogP contribution in [0.25, 0.3) is 0 Å². The minimum atomic E-state index is 0.0919. The molecule has 0 bridgehead atoms. The molecule has 1 N–H and O–H groups in total. The second-order valence-electron chi connectivity index (χ2n) is 3.55. The Morgan fingerprint density at radius 1 is 1.64 bits per heavy atom. The van der Waals surface area contributed by atoms with Gasteiger partial charge in [0.25, 0.3) is 0 Å². The third-order valence-electron chi connectivity index (χ3n) is 2.56. The Labute approximate surface area is 99.1 Å². The first kappa shape index (κ1) is 12.2. The van der Waals surface area contributed by atoms with Crippen molar-refractivity contribution in [3.05, 3.63) is 0 Å². The Morgan fingerprint density at radius 2 is 2.43 bits per heavy atom. The fourth-order valence-electron chi connectivity index (χ4n) is 1.76. The van der Waals surface area contributed by atoms with Crippen LogP contribution in [0.3, 0.4) is 0 Å². The van der Waals surface area contributed by atoms with Crippen molar-refractivity contribution in [3.8, 4) is 0 Å². The third kappa shape index (κ3) is 3.38. The zero-order chi connectivity index (χ0) is 10.4. The quantitative estimate of drug-likeness (QED) is 0.477. The fourth-order valence-corrected chi connectivity index (χ4v) is 2.14. The highest BCUT2D eigenvalue weighted by Crippen LogP contribution is 2.23. The van der Waals surface area contributed by atoms with Gasteiger partial charge in [0.2, 0.25) is 5.91 Å². The minimum absolute atomic E-state index is 0.0919. The van der Waals surface area contributed by atoms with Crippen molar-refractivity contribution in [2.24, 2.45) is 5.92 Å². The van der Waals surface area contributed by atoms with Gasteiger partial charge in [0, 0.05) is 17.6 Å². The minimum Gasteiger partial charge on any atom is -0.377 e. The molecule has 0 aromatic heterocycles. The van der Waals surface area contributed by atoms with Crippen molar-refractivity contribution in [2.75, 3.05) is 17.6 Å². The Bertz CT molecular complexity index is 187. The van der Waals surface area contributed by atoms with E-state index in [1.54, 1.807) is 0 Å². The average Bonchev–Trinajstić information content (AvgIpc) is 2.65. The predicted octanol–water partition coefficient (Wildman–Crippen LogP) is 1.74. The zero-order valence-corrected chi connectivity index (χ0v) is 10.7. The molecule has 0 aromatic rings. The van der Waals surface area contributed by atoms with Crippen LogP contribution in [0, 0.1) is 5.92 Å². The first-order valence-corrected chi connectivity index (χ1v) is 6.77. The molecule has 1 saturated heterocycles. The summed E-state index contributed by atoms with van der Waals surface area (Å²) in [6, 6.07) is 0. The molecule has 1 fully saturated rings. The van der Waals surface area contributed by atoms with Crippen LogP contribution >= 0.6 is 22.6 Å². The van der Waals surface area contributed by atoms with E-state index in [0.717, 1.165) is 36.8 Å². The van der Waals surface area contributed by atoms with Gasteiger partial charge in [-0.15, -0.1) is 0 Å². The van der Waals surface area contributed by atoms with E-state index in [9.17, 15) is 4.79 Å². The van der Waals surface area contributed by atoms with Crippen LogP contribution in [0.1, 0.15) is 26.2 Å². The number of alkyl halides is 1. The molecule has 0 aromatic carbocycles. The van der Waals surface area contributed by atoms with Crippen LogP contribution in [-0.2, 0) is 9.53 Å². The van der Waals surface area contributed by atoms with E-state index >= 15 is 0 Å². The van der Waals surface area contributed by atoms with Crippen LogP contribution in [0.15, 0.2) is 0 Å². The maximum atomic E-state index is 11.7. The molecule has 1 heterocycles. The number of rotatable bonds is 5. The van der Waals surface area contributed by atoms with Crippen LogP contribution in [-0.4, -0.2) is 29.6 Å². The van der Waals surface area contributed by atoms with E-state index in [1.165, 1.54) is 0 Å². The normalized spacial score (nSPS) is 26.4. The lowest BCUT2D eigenvalue weighted by atomic mass is 9.99. The van der Waals surface area contributed by atoms with Gasteiger partial charge >= 0.3 is 0 Å². The van der Waals surface area contributed by atoms with E-state index in [0.29, 0.717) is 0 Å². The van der Waals surface area contributed by atoms with Gasteiger partial charge in [-0.1, -0.05) is 29.5 Å². The number of hydrogen-bond acceptors (Lipinski definition) is 2. The number of carbonyl (C=O) groups is 1. The maximum Gasteiger partial charge on any atom is 0.225 e. The summed E-state index contributed by atoms with van der Waals surface area (Å²) in [4.78, 5) is 11.7. The smallest absolute Gasteiger partial charge is 0.225 e. The number of carbonyl (C=O) groups excluding carboxylic acids is 1. The summed E-state index contributed by atoms with van der Waals surface area (Å²) in [7, 11) is 0. The largest absolute Gasteiger partial charge is 0.377 e. The second-order valence-corrected chi connectivity index (χ2v) is 4.62. The van der Waals surface area contributed by atoms with Crippen molar-refractivity contribution in [1.29, 1.82) is 0 Å². The van der Waals surface area contributed by atoms with E-state index in [-0.39, 0.29) is 17.9 Å². The molecule has 4 heteroatoms. The predicted molar refractivity (Wildman–Crippen MR) is 64.7 cm³/mol. The van der Waals surface area contributed by atoms with Crippen molar-refractivity contribution < 1.29 is 9.53 Å². The Kier molecular flexibility index (Phi) is 5.77. The van der Waals surface area contributed by atoms with Crippen molar-refractivity contribution in [3.63, 3.8) is 0 Å². The highest BCUT2D eigenvalue weighted by atomic mass is 127. The molecule has 0 spiro atoms. The van der Waals surface area contributed by atoms with Crippen molar-refractivity contribution in [1.82, 2.24) is 5.32 Å². The maximum absolute atomic E-state index is 11.7. The molecule has 82 valence electrons. The summed E-state index contributed by atoms with van der Waals surface area (Å²) in [6.07, 6.45) is 3.02. The summed E-state index contributed by atoms with van der Waals surface area (Å²) in [5.41, 5.74) is 0. The Morgan fingerprint density at radius 3 is 3.07 bits per heavy atom. The lowest BCUT2D eigenvalue weighted by molar-refractivity contribution is -0.126. The van der Waals surface area contributed by atoms with Crippen molar-refractivity contribution >= 4 is 28.5 Å². The SMILES string of the molecule is CCC1OCCC1C(=O)NCCCI. The first-order valence-electron chi connectivity index (χ1n) is 5.24. The van der Waals surface area contributed by atoms with Crippen LogP contribution in [0.2, 0.25) is 0 Å². The summed E-state index contributed by atoms with van der Waals surface area (Å²) < 4.78 is 6.57. The van der Waals surface area contributed by atoms with Gasteiger partial charge in [0.15, 0.2) is 0 Å². The molecule has 3 nitrogen and oxygen atoms in total. The molecule has 1 amide bonds. The van der Waals surface area contributed by atoms with Gasteiger partial charge in [-0.3, -0.25) is 4.79 Å². The summed E-state index contributed by atoms with van der Waals surface area (Å²) in [6.45, 7) is 3.61. The number of halogens is 1. The van der Waals surface area contributed by atoms with E-state index in [1.807, 2.05) is 0 Å². The molecule has 1 aliphatic rings. The third-order valence-corrected chi connectivity index (χ3v) is 3.32. The average molecular weight is 311 g/mol. The first-order chi connectivity index (χ1) is 6.79. The van der Waals surface area contributed by atoms with Gasteiger partial charge in [0.1, 0.15) is 0 Å². The molecule has 1 aliphatic heterocycles.